The van der Waals surface area contributed by atoms with Crippen LogP contribution in [-0.4, -0.2) is 50.7 Å². The van der Waals surface area contributed by atoms with Crippen molar-refractivity contribution in [2.45, 2.75) is 38.4 Å². The molecule has 2 aromatic rings. The highest BCUT2D eigenvalue weighted by Gasteiger charge is 2.26. The molecule has 0 bridgehead atoms. The normalized spacial score (nSPS) is 22.3. The van der Waals surface area contributed by atoms with Gasteiger partial charge in [0.15, 0.2) is 0 Å². The summed E-state index contributed by atoms with van der Waals surface area (Å²) in [5.74, 6) is 0. The molecule has 2 aliphatic heterocycles. The first-order valence-electron chi connectivity index (χ1n) is 8.75. The molecule has 0 aromatic carbocycles. The lowest BCUT2D eigenvalue weighted by atomic mass is 10.1. The second-order valence-electron chi connectivity index (χ2n) is 6.75. The van der Waals surface area contributed by atoms with Gasteiger partial charge in [-0.15, -0.1) is 0 Å². The summed E-state index contributed by atoms with van der Waals surface area (Å²) in [6, 6.07) is 8.81. The minimum Gasteiger partial charge on any atom is -0.303 e. The first-order chi connectivity index (χ1) is 11.4. The maximum Gasteiger partial charge on any atom is 0.0662 e. The summed E-state index contributed by atoms with van der Waals surface area (Å²) in [7, 11) is 0. The van der Waals surface area contributed by atoms with E-state index in [9.17, 15) is 0 Å². The van der Waals surface area contributed by atoms with Crippen molar-refractivity contribution in [1.82, 2.24) is 24.6 Å². The zero-order chi connectivity index (χ0) is 15.5. The highest BCUT2D eigenvalue weighted by molar-refractivity contribution is 5.08. The van der Waals surface area contributed by atoms with Crippen molar-refractivity contribution in [1.29, 1.82) is 0 Å². The Bertz CT molecular complexity index is 617. The van der Waals surface area contributed by atoms with Gasteiger partial charge >= 0.3 is 0 Å². The Hall–Kier alpha value is -1.72. The molecule has 1 fully saturated rings. The van der Waals surface area contributed by atoms with E-state index in [0.29, 0.717) is 6.04 Å². The highest BCUT2D eigenvalue weighted by Crippen LogP contribution is 2.24. The van der Waals surface area contributed by atoms with Crippen molar-refractivity contribution in [3.63, 3.8) is 0 Å². The van der Waals surface area contributed by atoms with E-state index in [1.807, 2.05) is 18.5 Å². The van der Waals surface area contributed by atoms with Crippen LogP contribution in [-0.2, 0) is 13.1 Å². The molecule has 5 nitrogen and oxygen atoms in total. The zero-order valence-electron chi connectivity index (χ0n) is 13.6. The summed E-state index contributed by atoms with van der Waals surface area (Å²) >= 11 is 0. The van der Waals surface area contributed by atoms with Crippen LogP contribution in [0.25, 0.3) is 0 Å². The van der Waals surface area contributed by atoms with Crippen LogP contribution in [0.2, 0.25) is 0 Å². The van der Waals surface area contributed by atoms with Crippen LogP contribution in [0.5, 0.6) is 0 Å². The van der Waals surface area contributed by atoms with E-state index in [0.717, 1.165) is 25.3 Å². The third-order valence-corrected chi connectivity index (χ3v) is 5.04. The summed E-state index contributed by atoms with van der Waals surface area (Å²) in [6.07, 6.45) is 7.75. The SMILES string of the molecule is c1ccc(CN2Cc3ccnn3[C@@H](CCN3CCCC3)C2)nc1. The first kappa shape index (κ1) is 14.8. The molecule has 122 valence electrons. The fourth-order valence-electron chi connectivity index (χ4n) is 3.86. The maximum atomic E-state index is 4.58. The molecule has 0 amide bonds. The van der Waals surface area contributed by atoms with Gasteiger partial charge in [-0.05, 0) is 50.6 Å². The van der Waals surface area contributed by atoms with Crippen LogP contribution in [0.4, 0.5) is 0 Å². The van der Waals surface area contributed by atoms with Crippen LogP contribution in [0, 0.1) is 0 Å². The van der Waals surface area contributed by atoms with E-state index in [2.05, 4.69) is 42.8 Å². The molecule has 0 saturated carbocycles. The van der Waals surface area contributed by atoms with E-state index >= 15 is 0 Å². The Balaban J connectivity index is 1.43. The van der Waals surface area contributed by atoms with Crippen molar-refractivity contribution in [2.75, 3.05) is 26.2 Å². The molecule has 1 atom stereocenters. The number of aromatic nitrogens is 3. The number of rotatable bonds is 5. The number of hydrogen-bond donors (Lipinski definition) is 0. The quantitative estimate of drug-likeness (QED) is 0.849. The standard InChI is InChI=1S/C18H25N5/c1-2-8-19-16(5-1)13-22-14-17-6-9-20-23(17)18(15-22)7-12-21-10-3-4-11-21/h1-2,5-6,8-9,18H,3-4,7,10-15H2/t18-/m0/s1. The Morgan fingerprint density at radius 2 is 1.96 bits per heavy atom. The monoisotopic (exact) mass is 311 g/mol. The minimum absolute atomic E-state index is 0.484. The van der Waals surface area contributed by atoms with Crippen LogP contribution >= 0.6 is 0 Å². The van der Waals surface area contributed by atoms with Gasteiger partial charge in [0.05, 0.1) is 17.4 Å². The molecule has 23 heavy (non-hydrogen) atoms. The smallest absolute Gasteiger partial charge is 0.0662 e. The van der Waals surface area contributed by atoms with Crippen molar-refractivity contribution in [3.05, 3.63) is 48.0 Å². The van der Waals surface area contributed by atoms with Gasteiger partial charge in [0, 0.05) is 38.6 Å². The molecule has 2 aliphatic rings. The number of likely N-dealkylation sites (tertiary alicyclic amines) is 1. The lowest BCUT2D eigenvalue weighted by Gasteiger charge is -2.34. The van der Waals surface area contributed by atoms with Crippen LogP contribution < -0.4 is 0 Å². The second-order valence-corrected chi connectivity index (χ2v) is 6.75. The average molecular weight is 311 g/mol. The lowest BCUT2D eigenvalue weighted by molar-refractivity contribution is 0.150. The fraction of sp³-hybridized carbons (Fsp3) is 0.556. The Morgan fingerprint density at radius 3 is 2.78 bits per heavy atom. The first-order valence-corrected chi connectivity index (χ1v) is 8.75. The third kappa shape index (κ3) is 3.46. The Kier molecular flexibility index (Phi) is 4.39. The minimum atomic E-state index is 0.484. The van der Waals surface area contributed by atoms with Crippen molar-refractivity contribution in [3.8, 4) is 0 Å². The van der Waals surface area contributed by atoms with Gasteiger partial charge in [-0.3, -0.25) is 14.6 Å². The zero-order valence-corrected chi connectivity index (χ0v) is 13.6. The van der Waals surface area contributed by atoms with Crippen molar-refractivity contribution < 1.29 is 0 Å². The number of nitrogens with zero attached hydrogens (tertiary/aromatic N) is 5. The molecule has 0 aliphatic carbocycles. The van der Waals surface area contributed by atoms with Gasteiger partial charge < -0.3 is 4.90 Å². The van der Waals surface area contributed by atoms with E-state index in [1.54, 1.807) is 0 Å². The largest absolute Gasteiger partial charge is 0.303 e. The molecule has 0 unspecified atom stereocenters. The number of hydrogen-bond acceptors (Lipinski definition) is 4. The summed E-state index contributed by atoms with van der Waals surface area (Å²) in [5.41, 5.74) is 2.48. The number of pyridine rings is 1. The summed E-state index contributed by atoms with van der Waals surface area (Å²) in [6.45, 7) is 6.70. The molecule has 0 N–H and O–H groups in total. The summed E-state index contributed by atoms with van der Waals surface area (Å²) in [5, 5.41) is 4.58. The molecular weight excluding hydrogens is 286 g/mol. The van der Waals surface area contributed by atoms with E-state index in [-0.39, 0.29) is 0 Å². The van der Waals surface area contributed by atoms with E-state index in [4.69, 9.17) is 0 Å². The van der Waals surface area contributed by atoms with Gasteiger partial charge in [0.1, 0.15) is 0 Å². The van der Waals surface area contributed by atoms with Gasteiger partial charge in [-0.25, -0.2) is 0 Å². The Labute approximate surface area is 137 Å². The molecule has 4 heterocycles. The molecule has 0 spiro atoms. The summed E-state index contributed by atoms with van der Waals surface area (Å²) < 4.78 is 2.25. The predicted octanol–water partition coefficient (Wildman–Crippen LogP) is 2.32. The Morgan fingerprint density at radius 1 is 1.04 bits per heavy atom. The van der Waals surface area contributed by atoms with Gasteiger partial charge in [-0.1, -0.05) is 6.07 Å². The summed E-state index contributed by atoms with van der Waals surface area (Å²) in [4.78, 5) is 9.58. The average Bonchev–Trinajstić information content (AvgIpc) is 3.25. The highest BCUT2D eigenvalue weighted by atomic mass is 15.4. The molecular formula is C18H25N5. The molecule has 0 radical (unpaired) electrons. The predicted molar refractivity (Wildman–Crippen MR) is 89.9 cm³/mol. The fourth-order valence-corrected chi connectivity index (χ4v) is 3.86. The number of fused-ring (bicyclic) bond motifs is 1. The second kappa shape index (κ2) is 6.81. The third-order valence-electron chi connectivity index (χ3n) is 5.04. The van der Waals surface area contributed by atoms with E-state index < -0.39 is 0 Å². The topological polar surface area (TPSA) is 37.2 Å². The van der Waals surface area contributed by atoms with Gasteiger partial charge in [0.2, 0.25) is 0 Å². The lowest BCUT2D eigenvalue weighted by Crippen LogP contribution is -2.38. The molecule has 4 rings (SSSR count). The van der Waals surface area contributed by atoms with Crippen molar-refractivity contribution in [2.24, 2.45) is 0 Å². The van der Waals surface area contributed by atoms with Gasteiger partial charge in [0.25, 0.3) is 0 Å². The van der Waals surface area contributed by atoms with Gasteiger partial charge in [-0.2, -0.15) is 5.10 Å². The molecule has 5 heteroatoms. The maximum absolute atomic E-state index is 4.58. The van der Waals surface area contributed by atoms with E-state index in [1.165, 1.54) is 44.6 Å². The molecule has 2 aromatic heterocycles. The van der Waals surface area contributed by atoms with Crippen LogP contribution in [0.3, 0.4) is 0 Å². The van der Waals surface area contributed by atoms with Crippen molar-refractivity contribution >= 4 is 0 Å². The molecule has 1 saturated heterocycles. The van der Waals surface area contributed by atoms with Crippen LogP contribution in [0.15, 0.2) is 36.7 Å². The van der Waals surface area contributed by atoms with Crippen LogP contribution in [0.1, 0.15) is 36.7 Å².